The predicted molar refractivity (Wildman–Crippen MR) is 117 cm³/mol. The van der Waals surface area contributed by atoms with Crippen LogP contribution in [0.25, 0.3) is 0 Å². The quantitative estimate of drug-likeness (QED) is 0.445. The number of hydrogen-bond acceptors (Lipinski definition) is 4. The van der Waals surface area contributed by atoms with Gasteiger partial charge in [-0.3, -0.25) is 9.69 Å². The highest BCUT2D eigenvalue weighted by molar-refractivity contribution is 5.97. The molecule has 7 nitrogen and oxygen atoms in total. The predicted octanol–water partition coefficient (Wildman–Crippen LogP) is 2.35. The van der Waals surface area contributed by atoms with Gasteiger partial charge < -0.3 is 14.5 Å². The van der Waals surface area contributed by atoms with Gasteiger partial charge in [0.15, 0.2) is 0 Å². The number of ether oxygens (including phenoxy) is 1. The van der Waals surface area contributed by atoms with Crippen molar-refractivity contribution in [1.82, 2.24) is 14.7 Å². The van der Waals surface area contributed by atoms with Gasteiger partial charge in [0.25, 0.3) is 5.91 Å². The standard InChI is InChI=1S/C22H31N5O2/c1-6-19(21(28)25(4)5)24-22(23-3)27-12-10-26(11-13-27)16(2)18-8-7-17-9-14-29-20(17)15-18/h6-8,15-16H,3,9-14H2,1-2,4-5H3/b19-6-,24-22?. The maximum atomic E-state index is 12.2. The van der Waals surface area contributed by atoms with Crippen LogP contribution in [0.5, 0.6) is 5.75 Å². The van der Waals surface area contributed by atoms with Crippen molar-refractivity contribution in [2.45, 2.75) is 26.3 Å². The third-order valence-corrected chi connectivity index (χ3v) is 5.61. The van der Waals surface area contributed by atoms with E-state index in [1.54, 1.807) is 27.1 Å². The smallest absolute Gasteiger partial charge is 0.271 e. The molecule has 1 fully saturated rings. The Morgan fingerprint density at radius 3 is 2.62 bits per heavy atom. The Hall–Kier alpha value is -2.67. The minimum atomic E-state index is -0.139. The number of guanidine groups is 1. The molecule has 0 bridgehead atoms. The van der Waals surface area contributed by atoms with Crippen LogP contribution in [-0.2, 0) is 11.2 Å². The van der Waals surface area contributed by atoms with E-state index in [4.69, 9.17) is 4.74 Å². The summed E-state index contributed by atoms with van der Waals surface area (Å²) < 4.78 is 5.73. The second kappa shape index (κ2) is 9.22. The van der Waals surface area contributed by atoms with E-state index in [2.05, 4.69) is 51.6 Å². The number of likely N-dealkylation sites (N-methyl/N-ethyl adjacent to an activating group) is 1. The Morgan fingerprint density at radius 1 is 1.28 bits per heavy atom. The first-order chi connectivity index (χ1) is 13.9. The SMILES string of the molecule is C=NC(=N/C(=C\C)C(=O)N(C)C)N1CCN(C(C)c2ccc3c(c2)OCC3)CC1. The number of amides is 1. The minimum absolute atomic E-state index is 0.139. The number of allylic oxidation sites excluding steroid dienone is 1. The van der Waals surface area contributed by atoms with Gasteiger partial charge in [-0.1, -0.05) is 18.2 Å². The van der Waals surface area contributed by atoms with E-state index >= 15 is 0 Å². The molecule has 1 aromatic rings. The van der Waals surface area contributed by atoms with Crippen LogP contribution in [0.3, 0.4) is 0 Å². The van der Waals surface area contributed by atoms with Crippen LogP contribution >= 0.6 is 0 Å². The maximum Gasteiger partial charge on any atom is 0.271 e. The molecule has 156 valence electrons. The Bertz CT molecular complexity index is 822. The molecule has 2 heterocycles. The van der Waals surface area contributed by atoms with Crippen molar-refractivity contribution in [2.24, 2.45) is 9.98 Å². The molecule has 0 radical (unpaired) electrons. The van der Waals surface area contributed by atoms with E-state index in [9.17, 15) is 4.79 Å². The Kier molecular flexibility index (Phi) is 6.69. The highest BCUT2D eigenvalue weighted by Gasteiger charge is 2.25. The van der Waals surface area contributed by atoms with E-state index in [0.717, 1.165) is 45.0 Å². The summed E-state index contributed by atoms with van der Waals surface area (Å²) in [5.41, 5.74) is 2.96. The molecule has 1 amide bonds. The summed E-state index contributed by atoms with van der Waals surface area (Å²) in [7, 11) is 3.43. The van der Waals surface area contributed by atoms with Crippen LogP contribution in [0.15, 0.2) is 40.0 Å². The third-order valence-electron chi connectivity index (χ3n) is 5.61. The fourth-order valence-corrected chi connectivity index (χ4v) is 3.74. The number of fused-ring (bicyclic) bond motifs is 1. The summed E-state index contributed by atoms with van der Waals surface area (Å²) >= 11 is 0. The van der Waals surface area contributed by atoms with Gasteiger partial charge in [-0.15, -0.1) is 0 Å². The lowest BCUT2D eigenvalue weighted by Crippen LogP contribution is -2.49. The lowest BCUT2D eigenvalue weighted by Gasteiger charge is -2.38. The van der Waals surface area contributed by atoms with E-state index in [0.29, 0.717) is 17.7 Å². The number of benzene rings is 1. The van der Waals surface area contributed by atoms with Gasteiger partial charge in [0.2, 0.25) is 5.96 Å². The molecular formula is C22H31N5O2. The summed E-state index contributed by atoms with van der Waals surface area (Å²) in [5.74, 6) is 1.40. The second-order valence-electron chi connectivity index (χ2n) is 7.61. The summed E-state index contributed by atoms with van der Waals surface area (Å²) in [6.07, 6.45) is 2.71. The number of nitrogens with zero attached hydrogens (tertiary/aromatic N) is 5. The first kappa shape index (κ1) is 21.0. The number of aliphatic imine (C=N–C) groups is 2. The average molecular weight is 398 g/mol. The van der Waals surface area contributed by atoms with Gasteiger partial charge in [-0.25, -0.2) is 9.98 Å². The Labute approximate surface area is 173 Å². The van der Waals surface area contributed by atoms with Gasteiger partial charge in [0, 0.05) is 52.7 Å². The molecule has 1 atom stereocenters. The molecule has 0 aliphatic carbocycles. The molecule has 0 saturated carbocycles. The molecule has 3 rings (SSSR count). The van der Waals surface area contributed by atoms with Crippen molar-refractivity contribution in [3.63, 3.8) is 0 Å². The first-order valence-electron chi connectivity index (χ1n) is 10.1. The Balaban J connectivity index is 1.65. The first-order valence-corrected chi connectivity index (χ1v) is 10.1. The molecule has 29 heavy (non-hydrogen) atoms. The monoisotopic (exact) mass is 397 g/mol. The highest BCUT2D eigenvalue weighted by atomic mass is 16.5. The highest BCUT2D eigenvalue weighted by Crippen LogP contribution is 2.31. The number of piperazine rings is 1. The number of carbonyl (C=O) groups excluding carboxylic acids is 1. The fourth-order valence-electron chi connectivity index (χ4n) is 3.74. The average Bonchev–Trinajstić information content (AvgIpc) is 3.21. The van der Waals surface area contributed by atoms with Gasteiger partial charge in [-0.2, -0.15) is 0 Å². The van der Waals surface area contributed by atoms with Gasteiger partial charge >= 0.3 is 0 Å². The Morgan fingerprint density at radius 2 is 2.00 bits per heavy atom. The third kappa shape index (κ3) is 4.67. The normalized spacial score (nSPS) is 18.8. The molecule has 0 spiro atoms. The number of rotatable bonds is 4. The molecule has 1 saturated heterocycles. The second-order valence-corrected chi connectivity index (χ2v) is 7.61. The largest absolute Gasteiger partial charge is 0.493 e. The molecule has 1 aromatic carbocycles. The van der Waals surface area contributed by atoms with Crippen LogP contribution < -0.4 is 4.74 Å². The van der Waals surface area contributed by atoms with Crippen molar-refractivity contribution in [2.75, 3.05) is 46.9 Å². The summed E-state index contributed by atoms with van der Waals surface area (Å²) in [6, 6.07) is 6.90. The van der Waals surface area contributed by atoms with E-state index in [1.165, 1.54) is 16.0 Å². The van der Waals surface area contributed by atoms with Crippen molar-refractivity contribution >= 4 is 18.6 Å². The zero-order chi connectivity index (χ0) is 21.0. The lowest BCUT2D eigenvalue weighted by molar-refractivity contribution is -0.124. The molecule has 1 unspecified atom stereocenters. The van der Waals surface area contributed by atoms with Crippen molar-refractivity contribution in [1.29, 1.82) is 0 Å². The summed E-state index contributed by atoms with van der Waals surface area (Å²) in [6.45, 7) is 11.8. The van der Waals surface area contributed by atoms with Crippen LogP contribution in [0.2, 0.25) is 0 Å². The molecule has 2 aliphatic heterocycles. The van der Waals surface area contributed by atoms with Crippen LogP contribution in [0.4, 0.5) is 0 Å². The van der Waals surface area contributed by atoms with Crippen molar-refractivity contribution in [3.8, 4) is 5.75 Å². The lowest BCUT2D eigenvalue weighted by atomic mass is 10.0. The van der Waals surface area contributed by atoms with Gasteiger partial charge in [0.1, 0.15) is 11.4 Å². The van der Waals surface area contributed by atoms with Crippen molar-refractivity contribution < 1.29 is 9.53 Å². The fraction of sp³-hybridized carbons (Fsp3) is 0.500. The summed E-state index contributed by atoms with van der Waals surface area (Å²) in [5, 5.41) is 0. The van der Waals surface area contributed by atoms with Gasteiger partial charge in [-0.05, 0) is 37.8 Å². The minimum Gasteiger partial charge on any atom is -0.493 e. The van der Waals surface area contributed by atoms with E-state index < -0.39 is 0 Å². The summed E-state index contributed by atoms with van der Waals surface area (Å²) in [4.78, 5) is 26.9. The number of hydrogen-bond donors (Lipinski definition) is 0. The topological polar surface area (TPSA) is 60.7 Å². The van der Waals surface area contributed by atoms with Crippen molar-refractivity contribution in [3.05, 3.63) is 41.1 Å². The zero-order valence-electron chi connectivity index (χ0n) is 17.9. The van der Waals surface area contributed by atoms with Crippen LogP contribution in [-0.4, -0.2) is 80.2 Å². The molecule has 0 N–H and O–H groups in total. The van der Waals surface area contributed by atoms with E-state index in [-0.39, 0.29) is 5.91 Å². The van der Waals surface area contributed by atoms with Gasteiger partial charge in [0.05, 0.1) is 6.61 Å². The van der Waals surface area contributed by atoms with Crippen LogP contribution in [0.1, 0.15) is 31.0 Å². The van der Waals surface area contributed by atoms with E-state index in [1.807, 2.05) is 0 Å². The number of carbonyl (C=O) groups is 1. The molecule has 2 aliphatic rings. The maximum absolute atomic E-state index is 12.2. The van der Waals surface area contributed by atoms with Crippen LogP contribution in [0, 0.1) is 0 Å². The molecule has 0 aromatic heterocycles. The molecular weight excluding hydrogens is 366 g/mol. The molecule has 7 heteroatoms. The zero-order valence-corrected chi connectivity index (χ0v) is 17.9.